The van der Waals surface area contributed by atoms with Crippen molar-refractivity contribution in [2.75, 3.05) is 6.61 Å². The minimum atomic E-state index is 0.629. The molecule has 1 heterocycles. The predicted octanol–water partition coefficient (Wildman–Crippen LogP) is 2.33. The summed E-state index contributed by atoms with van der Waals surface area (Å²) in [6.45, 7) is 2.82. The third-order valence-electron chi connectivity index (χ3n) is 2.07. The minimum absolute atomic E-state index is 0.629. The van der Waals surface area contributed by atoms with Gasteiger partial charge in [0.25, 0.3) is 0 Å². The molecule has 0 saturated carbocycles. The zero-order valence-corrected chi connectivity index (χ0v) is 9.13. The fourth-order valence-electron chi connectivity index (χ4n) is 1.30. The molecule has 1 aromatic heterocycles. The van der Waals surface area contributed by atoms with Gasteiger partial charge in [0.2, 0.25) is 0 Å². The van der Waals surface area contributed by atoms with E-state index in [1.54, 1.807) is 12.4 Å². The van der Waals surface area contributed by atoms with Crippen molar-refractivity contribution < 1.29 is 4.74 Å². The molecule has 2 rings (SSSR count). The molecular formula is C12H13N3O. The highest BCUT2D eigenvalue weighted by Crippen LogP contribution is 2.18. The highest BCUT2D eigenvalue weighted by molar-refractivity contribution is 5.55. The van der Waals surface area contributed by atoms with Crippen LogP contribution in [0.2, 0.25) is 0 Å². The van der Waals surface area contributed by atoms with Crippen molar-refractivity contribution in [3.05, 3.63) is 36.7 Å². The molecule has 4 heteroatoms. The van der Waals surface area contributed by atoms with Crippen LogP contribution in [0.25, 0.3) is 11.4 Å². The first-order chi connectivity index (χ1) is 7.90. The molecule has 0 aliphatic carbocycles. The van der Waals surface area contributed by atoms with Crippen LogP contribution < -0.4 is 4.74 Å². The average molecular weight is 215 g/mol. The number of nitrogens with zero attached hydrogens (tertiary/aromatic N) is 3. The van der Waals surface area contributed by atoms with Crippen LogP contribution in [0, 0.1) is 0 Å². The van der Waals surface area contributed by atoms with E-state index in [1.807, 2.05) is 24.3 Å². The Morgan fingerprint density at radius 1 is 1.12 bits per heavy atom. The lowest BCUT2D eigenvalue weighted by molar-refractivity contribution is 0.317. The third kappa shape index (κ3) is 2.53. The molecule has 0 aliphatic heterocycles. The summed E-state index contributed by atoms with van der Waals surface area (Å²) in [4.78, 5) is 4.13. The van der Waals surface area contributed by atoms with E-state index in [4.69, 9.17) is 4.74 Å². The Bertz CT molecular complexity index is 428. The molecule has 16 heavy (non-hydrogen) atoms. The van der Waals surface area contributed by atoms with Gasteiger partial charge in [0.15, 0.2) is 5.82 Å². The largest absolute Gasteiger partial charge is 0.494 e. The van der Waals surface area contributed by atoms with Gasteiger partial charge in [-0.15, -0.1) is 5.10 Å². The second kappa shape index (κ2) is 5.21. The summed E-state index contributed by atoms with van der Waals surface area (Å²) >= 11 is 0. The van der Waals surface area contributed by atoms with E-state index in [9.17, 15) is 0 Å². The van der Waals surface area contributed by atoms with E-state index in [-0.39, 0.29) is 0 Å². The fraction of sp³-hybridized carbons (Fsp3) is 0.250. The number of benzene rings is 1. The van der Waals surface area contributed by atoms with Crippen LogP contribution in [0.3, 0.4) is 0 Å². The van der Waals surface area contributed by atoms with E-state index < -0.39 is 0 Å². The molecular weight excluding hydrogens is 202 g/mol. The van der Waals surface area contributed by atoms with Crippen molar-refractivity contribution in [2.24, 2.45) is 0 Å². The molecule has 0 fully saturated rings. The Hall–Kier alpha value is -1.97. The lowest BCUT2D eigenvalue weighted by atomic mass is 10.2. The van der Waals surface area contributed by atoms with E-state index in [2.05, 4.69) is 22.1 Å². The van der Waals surface area contributed by atoms with Gasteiger partial charge >= 0.3 is 0 Å². The minimum Gasteiger partial charge on any atom is -0.494 e. The maximum atomic E-state index is 5.49. The number of ether oxygens (including phenoxy) is 1. The van der Waals surface area contributed by atoms with Gasteiger partial charge in [0.1, 0.15) is 5.75 Å². The summed E-state index contributed by atoms with van der Waals surface area (Å²) in [7, 11) is 0. The SMILES string of the molecule is CCCOc1ccc(-c2nccnn2)cc1. The number of hydrogen-bond donors (Lipinski definition) is 0. The molecule has 0 bridgehead atoms. The molecule has 4 nitrogen and oxygen atoms in total. The van der Waals surface area contributed by atoms with Gasteiger partial charge in [0, 0.05) is 11.8 Å². The van der Waals surface area contributed by atoms with Crippen molar-refractivity contribution in [3.8, 4) is 17.1 Å². The van der Waals surface area contributed by atoms with E-state index >= 15 is 0 Å². The maximum Gasteiger partial charge on any atom is 0.181 e. The summed E-state index contributed by atoms with van der Waals surface area (Å²) in [6.07, 6.45) is 4.19. The van der Waals surface area contributed by atoms with Gasteiger partial charge < -0.3 is 4.74 Å². The molecule has 0 N–H and O–H groups in total. The quantitative estimate of drug-likeness (QED) is 0.785. The van der Waals surface area contributed by atoms with Crippen molar-refractivity contribution in [1.82, 2.24) is 15.2 Å². The second-order valence-electron chi connectivity index (χ2n) is 3.34. The lowest BCUT2D eigenvalue weighted by Gasteiger charge is -2.04. The summed E-state index contributed by atoms with van der Waals surface area (Å²) in [5.74, 6) is 1.50. The third-order valence-corrected chi connectivity index (χ3v) is 2.07. The molecule has 0 amide bonds. The molecule has 0 unspecified atom stereocenters. The monoisotopic (exact) mass is 215 g/mol. The molecule has 0 spiro atoms. The zero-order valence-electron chi connectivity index (χ0n) is 9.13. The molecule has 2 aromatic rings. The molecule has 1 aromatic carbocycles. The van der Waals surface area contributed by atoms with Crippen molar-refractivity contribution in [3.63, 3.8) is 0 Å². The van der Waals surface area contributed by atoms with Crippen LogP contribution in [0.4, 0.5) is 0 Å². The average Bonchev–Trinajstić information content (AvgIpc) is 2.38. The van der Waals surface area contributed by atoms with Gasteiger partial charge in [-0.1, -0.05) is 6.92 Å². The topological polar surface area (TPSA) is 47.9 Å². The molecule has 0 radical (unpaired) electrons. The van der Waals surface area contributed by atoms with Crippen LogP contribution in [-0.4, -0.2) is 21.8 Å². The maximum absolute atomic E-state index is 5.49. The standard InChI is InChI=1S/C12H13N3O/c1-2-9-16-11-5-3-10(4-6-11)12-13-7-8-14-15-12/h3-8H,2,9H2,1H3. The smallest absolute Gasteiger partial charge is 0.181 e. The van der Waals surface area contributed by atoms with Crippen LogP contribution in [-0.2, 0) is 0 Å². The summed E-state index contributed by atoms with van der Waals surface area (Å²) < 4.78 is 5.49. The number of hydrogen-bond acceptors (Lipinski definition) is 4. The molecule has 0 aliphatic rings. The first-order valence-corrected chi connectivity index (χ1v) is 5.27. The Morgan fingerprint density at radius 2 is 1.94 bits per heavy atom. The fourth-order valence-corrected chi connectivity index (χ4v) is 1.30. The van der Waals surface area contributed by atoms with Crippen LogP contribution in [0.5, 0.6) is 5.75 Å². The molecule has 0 atom stereocenters. The lowest BCUT2D eigenvalue weighted by Crippen LogP contribution is -1.95. The molecule has 0 saturated heterocycles. The molecule has 82 valence electrons. The van der Waals surface area contributed by atoms with Crippen molar-refractivity contribution in [2.45, 2.75) is 13.3 Å². The second-order valence-corrected chi connectivity index (χ2v) is 3.34. The Balaban J connectivity index is 2.13. The van der Waals surface area contributed by atoms with Gasteiger partial charge in [-0.2, -0.15) is 5.10 Å². The predicted molar refractivity (Wildman–Crippen MR) is 61.0 cm³/mol. The van der Waals surface area contributed by atoms with E-state index in [1.165, 1.54) is 0 Å². The van der Waals surface area contributed by atoms with Crippen LogP contribution in [0.1, 0.15) is 13.3 Å². The van der Waals surface area contributed by atoms with Crippen molar-refractivity contribution in [1.29, 1.82) is 0 Å². The summed E-state index contributed by atoms with van der Waals surface area (Å²) in [6, 6.07) is 7.70. The first-order valence-electron chi connectivity index (χ1n) is 5.27. The highest BCUT2D eigenvalue weighted by Gasteiger charge is 2.00. The normalized spacial score (nSPS) is 10.1. The Labute approximate surface area is 94.3 Å². The van der Waals surface area contributed by atoms with Crippen LogP contribution in [0.15, 0.2) is 36.7 Å². The summed E-state index contributed by atoms with van der Waals surface area (Å²) in [5.41, 5.74) is 0.942. The highest BCUT2D eigenvalue weighted by atomic mass is 16.5. The Kier molecular flexibility index (Phi) is 3.43. The summed E-state index contributed by atoms with van der Waals surface area (Å²) in [5, 5.41) is 7.73. The van der Waals surface area contributed by atoms with Gasteiger partial charge in [-0.25, -0.2) is 4.98 Å². The van der Waals surface area contributed by atoms with E-state index in [0.29, 0.717) is 5.82 Å². The van der Waals surface area contributed by atoms with E-state index in [0.717, 1.165) is 24.3 Å². The first kappa shape index (κ1) is 10.5. The van der Waals surface area contributed by atoms with Gasteiger partial charge in [-0.3, -0.25) is 0 Å². The van der Waals surface area contributed by atoms with Crippen LogP contribution >= 0.6 is 0 Å². The van der Waals surface area contributed by atoms with Gasteiger partial charge in [-0.05, 0) is 30.7 Å². The zero-order chi connectivity index (χ0) is 11.2. The Morgan fingerprint density at radius 3 is 2.56 bits per heavy atom. The number of rotatable bonds is 4. The van der Waals surface area contributed by atoms with Crippen molar-refractivity contribution >= 4 is 0 Å². The number of aromatic nitrogens is 3. The van der Waals surface area contributed by atoms with Gasteiger partial charge in [0.05, 0.1) is 12.8 Å².